The number of rotatable bonds is 3. The van der Waals surface area contributed by atoms with Crippen LogP contribution in [0.5, 0.6) is 11.5 Å². The first-order chi connectivity index (χ1) is 7.67. The predicted octanol–water partition coefficient (Wildman–Crippen LogP) is 2.32. The summed E-state index contributed by atoms with van der Waals surface area (Å²) < 4.78 is 10.5. The molecule has 1 aromatic rings. The van der Waals surface area contributed by atoms with Gasteiger partial charge in [0, 0.05) is 5.92 Å². The molecule has 0 amide bonds. The van der Waals surface area contributed by atoms with Crippen LogP contribution in [0.4, 0.5) is 0 Å². The van der Waals surface area contributed by atoms with Crippen LogP contribution in [-0.4, -0.2) is 20.0 Å². The van der Waals surface area contributed by atoms with Gasteiger partial charge in [-0.1, -0.05) is 0 Å². The van der Waals surface area contributed by atoms with Crippen LogP contribution in [0, 0.1) is 0 Å². The van der Waals surface area contributed by atoms with Gasteiger partial charge in [0.1, 0.15) is 5.78 Å². The maximum Gasteiger partial charge on any atom is 0.161 e. The standard InChI is InChI=1S/C13H16O3/c1-8(14)10-5-4-9-6-12(15-2)13(16-3)7-11(9)10/h6-7,10H,4-5H2,1-3H3. The van der Waals surface area contributed by atoms with Gasteiger partial charge in [-0.15, -0.1) is 0 Å². The fraction of sp³-hybridized carbons (Fsp3) is 0.462. The molecule has 0 saturated carbocycles. The van der Waals surface area contributed by atoms with E-state index in [1.54, 1.807) is 21.1 Å². The van der Waals surface area contributed by atoms with Crippen molar-refractivity contribution in [1.29, 1.82) is 0 Å². The van der Waals surface area contributed by atoms with E-state index in [1.807, 2.05) is 12.1 Å². The SMILES string of the molecule is COc1cc2c(cc1OC)C(C(C)=O)CC2. The number of aryl methyl sites for hydroxylation is 1. The summed E-state index contributed by atoms with van der Waals surface area (Å²) in [4.78, 5) is 11.5. The Morgan fingerprint density at radius 3 is 2.44 bits per heavy atom. The monoisotopic (exact) mass is 220 g/mol. The molecule has 1 atom stereocenters. The number of ketones is 1. The van der Waals surface area contributed by atoms with E-state index < -0.39 is 0 Å². The van der Waals surface area contributed by atoms with Crippen molar-refractivity contribution in [3.63, 3.8) is 0 Å². The van der Waals surface area contributed by atoms with Crippen molar-refractivity contribution < 1.29 is 14.3 Å². The first kappa shape index (κ1) is 11.0. The van der Waals surface area contributed by atoms with Crippen molar-refractivity contribution in [2.24, 2.45) is 0 Å². The summed E-state index contributed by atoms with van der Waals surface area (Å²) in [5.74, 6) is 1.71. The first-order valence-corrected chi connectivity index (χ1v) is 5.42. The van der Waals surface area contributed by atoms with E-state index in [-0.39, 0.29) is 11.7 Å². The van der Waals surface area contributed by atoms with E-state index in [9.17, 15) is 4.79 Å². The Morgan fingerprint density at radius 1 is 1.25 bits per heavy atom. The molecule has 0 aromatic heterocycles. The molecule has 0 fully saturated rings. The van der Waals surface area contributed by atoms with E-state index in [0.29, 0.717) is 5.75 Å². The molecule has 3 nitrogen and oxygen atoms in total. The van der Waals surface area contributed by atoms with Crippen LogP contribution in [0.15, 0.2) is 12.1 Å². The first-order valence-electron chi connectivity index (χ1n) is 5.42. The Kier molecular flexibility index (Phi) is 2.86. The molecular weight excluding hydrogens is 204 g/mol. The second kappa shape index (κ2) is 4.16. The molecule has 1 aliphatic carbocycles. The van der Waals surface area contributed by atoms with E-state index in [1.165, 1.54) is 5.56 Å². The number of hydrogen-bond acceptors (Lipinski definition) is 3. The lowest BCUT2D eigenvalue weighted by Gasteiger charge is -2.12. The Hall–Kier alpha value is -1.51. The fourth-order valence-corrected chi connectivity index (χ4v) is 2.36. The molecule has 1 unspecified atom stereocenters. The van der Waals surface area contributed by atoms with Crippen LogP contribution >= 0.6 is 0 Å². The molecule has 0 N–H and O–H groups in total. The smallest absolute Gasteiger partial charge is 0.161 e. The van der Waals surface area contributed by atoms with Gasteiger partial charge >= 0.3 is 0 Å². The second-order valence-electron chi connectivity index (χ2n) is 4.11. The quantitative estimate of drug-likeness (QED) is 0.784. The highest BCUT2D eigenvalue weighted by Crippen LogP contribution is 2.40. The maximum absolute atomic E-state index is 11.5. The summed E-state index contributed by atoms with van der Waals surface area (Å²) >= 11 is 0. The van der Waals surface area contributed by atoms with Gasteiger partial charge in [0.15, 0.2) is 11.5 Å². The van der Waals surface area contributed by atoms with Gasteiger partial charge in [-0.3, -0.25) is 4.79 Å². The highest BCUT2D eigenvalue weighted by atomic mass is 16.5. The van der Waals surface area contributed by atoms with Crippen LogP contribution in [-0.2, 0) is 11.2 Å². The minimum Gasteiger partial charge on any atom is -0.493 e. The number of Topliss-reactive ketones (excluding diaryl/α,β-unsaturated/α-hetero) is 1. The number of carbonyl (C=O) groups is 1. The van der Waals surface area contributed by atoms with Crippen LogP contribution in [0.25, 0.3) is 0 Å². The third kappa shape index (κ3) is 1.66. The maximum atomic E-state index is 11.5. The zero-order chi connectivity index (χ0) is 11.7. The molecule has 0 bridgehead atoms. The van der Waals surface area contributed by atoms with Gasteiger partial charge in [0.25, 0.3) is 0 Å². The summed E-state index contributed by atoms with van der Waals surface area (Å²) in [6.07, 6.45) is 1.85. The van der Waals surface area contributed by atoms with Gasteiger partial charge in [-0.05, 0) is 43.0 Å². The molecule has 3 heteroatoms. The van der Waals surface area contributed by atoms with E-state index in [4.69, 9.17) is 9.47 Å². The molecule has 0 radical (unpaired) electrons. The Balaban J connectivity index is 2.48. The Morgan fingerprint density at radius 2 is 1.88 bits per heavy atom. The minimum atomic E-state index is 0.0369. The molecule has 1 aromatic carbocycles. The molecule has 1 aliphatic rings. The van der Waals surface area contributed by atoms with Crippen LogP contribution < -0.4 is 9.47 Å². The highest BCUT2D eigenvalue weighted by molar-refractivity contribution is 5.85. The topological polar surface area (TPSA) is 35.5 Å². The molecule has 86 valence electrons. The third-order valence-corrected chi connectivity index (χ3v) is 3.21. The van der Waals surface area contributed by atoms with Crippen molar-refractivity contribution in [2.45, 2.75) is 25.7 Å². The zero-order valence-corrected chi connectivity index (χ0v) is 9.87. The lowest BCUT2D eigenvalue weighted by atomic mass is 9.97. The van der Waals surface area contributed by atoms with Crippen LogP contribution in [0.2, 0.25) is 0 Å². The summed E-state index contributed by atoms with van der Waals surface area (Å²) in [7, 11) is 3.24. The molecule has 0 saturated heterocycles. The van der Waals surface area contributed by atoms with Crippen LogP contribution in [0.1, 0.15) is 30.4 Å². The number of ether oxygens (including phenoxy) is 2. The lowest BCUT2D eigenvalue weighted by Crippen LogP contribution is -2.05. The van der Waals surface area contributed by atoms with E-state index >= 15 is 0 Å². The molecule has 0 aliphatic heterocycles. The lowest BCUT2D eigenvalue weighted by molar-refractivity contribution is -0.118. The van der Waals surface area contributed by atoms with Crippen molar-refractivity contribution in [1.82, 2.24) is 0 Å². The van der Waals surface area contributed by atoms with Gasteiger partial charge in [-0.2, -0.15) is 0 Å². The molecular formula is C13H16O3. The average Bonchev–Trinajstić information content (AvgIpc) is 2.69. The van der Waals surface area contributed by atoms with Gasteiger partial charge < -0.3 is 9.47 Å². The number of hydrogen-bond donors (Lipinski definition) is 0. The summed E-state index contributed by atoms with van der Waals surface area (Å²) in [5.41, 5.74) is 2.31. The second-order valence-corrected chi connectivity index (χ2v) is 4.11. The van der Waals surface area contributed by atoms with E-state index in [2.05, 4.69) is 0 Å². The van der Waals surface area contributed by atoms with Gasteiger partial charge in [-0.25, -0.2) is 0 Å². The Bertz CT molecular complexity index is 423. The van der Waals surface area contributed by atoms with Crippen LogP contribution in [0.3, 0.4) is 0 Å². The molecule has 0 spiro atoms. The van der Waals surface area contributed by atoms with Crippen molar-refractivity contribution >= 4 is 5.78 Å². The number of benzene rings is 1. The minimum absolute atomic E-state index is 0.0369. The average molecular weight is 220 g/mol. The van der Waals surface area contributed by atoms with Crippen molar-refractivity contribution in [3.05, 3.63) is 23.3 Å². The molecule has 0 heterocycles. The molecule has 16 heavy (non-hydrogen) atoms. The van der Waals surface area contributed by atoms with Crippen molar-refractivity contribution in [3.8, 4) is 11.5 Å². The number of carbonyl (C=O) groups excluding carboxylic acids is 1. The van der Waals surface area contributed by atoms with E-state index in [0.717, 1.165) is 24.2 Å². The summed E-state index contributed by atoms with van der Waals surface area (Å²) in [6, 6.07) is 3.92. The normalized spacial score (nSPS) is 18.1. The van der Waals surface area contributed by atoms with Crippen molar-refractivity contribution in [2.75, 3.05) is 14.2 Å². The highest BCUT2D eigenvalue weighted by Gasteiger charge is 2.27. The number of methoxy groups -OCH3 is 2. The fourth-order valence-electron chi connectivity index (χ4n) is 2.36. The summed E-state index contributed by atoms with van der Waals surface area (Å²) in [6.45, 7) is 1.65. The third-order valence-electron chi connectivity index (χ3n) is 3.21. The largest absolute Gasteiger partial charge is 0.493 e. The molecule has 2 rings (SSSR count). The van der Waals surface area contributed by atoms with Gasteiger partial charge in [0.2, 0.25) is 0 Å². The zero-order valence-electron chi connectivity index (χ0n) is 9.87. The number of fused-ring (bicyclic) bond motifs is 1. The summed E-state index contributed by atoms with van der Waals surface area (Å²) in [5, 5.41) is 0. The van der Waals surface area contributed by atoms with Gasteiger partial charge in [0.05, 0.1) is 14.2 Å². The predicted molar refractivity (Wildman–Crippen MR) is 61.3 cm³/mol. The Labute approximate surface area is 95.4 Å².